The van der Waals surface area contributed by atoms with E-state index in [2.05, 4.69) is 9.97 Å². The topological polar surface area (TPSA) is 25.8 Å². The molecule has 0 bridgehead atoms. The molecule has 0 saturated heterocycles. The summed E-state index contributed by atoms with van der Waals surface area (Å²) in [4.78, 5) is 7.27. The lowest BCUT2D eigenvalue weighted by Crippen LogP contribution is -1.99. The summed E-state index contributed by atoms with van der Waals surface area (Å²) in [6, 6.07) is 0. The van der Waals surface area contributed by atoms with Crippen molar-refractivity contribution in [1.82, 2.24) is 9.97 Å². The van der Waals surface area contributed by atoms with Gasteiger partial charge in [-0.3, -0.25) is 0 Å². The van der Waals surface area contributed by atoms with E-state index in [-0.39, 0.29) is 16.7 Å². The normalized spacial score (nSPS) is 11.7. The van der Waals surface area contributed by atoms with Crippen LogP contribution < -0.4 is 0 Å². The Hall–Kier alpha value is -0.780. The van der Waals surface area contributed by atoms with Crippen LogP contribution in [0.2, 0.25) is 0 Å². The molecular formula is C6H5F3N2S. The highest BCUT2D eigenvalue weighted by atomic mass is 32.2. The van der Waals surface area contributed by atoms with Gasteiger partial charge in [-0.1, -0.05) is 0 Å². The Kier molecular flexibility index (Phi) is 2.56. The van der Waals surface area contributed by atoms with Crippen molar-refractivity contribution in [2.24, 2.45) is 0 Å². The molecule has 0 aliphatic rings. The molecule has 0 N–H and O–H groups in total. The van der Waals surface area contributed by atoms with Gasteiger partial charge in [0.25, 0.3) is 0 Å². The molecule has 0 atom stereocenters. The van der Waals surface area contributed by atoms with Crippen LogP contribution in [-0.4, -0.2) is 15.5 Å². The van der Waals surface area contributed by atoms with E-state index in [0.717, 1.165) is 12.4 Å². The predicted octanol–water partition coefficient (Wildman–Crippen LogP) is 2.40. The maximum absolute atomic E-state index is 11.7. The van der Waals surface area contributed by atoms with Gasteiger partial charge in [0.05, 0.1) is 4.90 Å². The second-order valence-corrected chi connectivity index (χ2v) is 3.15. The molecule has 0 unspecified atom stereocenters. The summed E-state index contributed by atoms with van der Waals surface area (Å²) in [7, 11) is 0. The van der Waals surface area contributed by atoms with E-state index in [0.29, 0.717) is 5.82 Å². The molecule has 0 saturated carbocycles. The van der Waals surface area contributed by atoms with Crippen LogP contribution in [0.15, 0.2) is 17.3 Å². The van der Waals surface area contributed by atoms with Crippen molar-refractivity contribution < 1.29 is 13.2 Å². The molecule has 1 rings (SSSR count). The average Bonchev–Trinajstić information content (AvgIpc) is 1.91. The van der Waals surface area contributed by atoms with Gasteiger partial charge in [0.1, 0.15) is 5.82 Å². The first-order valence-electron chi connectivity index (χ1n) is 3.02. The minimum Gasteiger partial charge on any atom is -0.241 e. The summed E-state index contributed by atoms with van der Waals surface area (Å²) in [5, 5.41) is 0. The molecule has 12 heavy (non-hydrogen) atoms. The number of halogens is 3. The molecule has 0 aliphatic carbocycles. The second kappa shape index (κ2) is 3.30. The summed E-state index contributed by atoms with van der Waals surface area (Å²) in [6.45, 7) is 1.61. The van der Waals surface area contributed by atoms with Crippen molar-refractivity contribution in [3.8, 4) is 0 Å². The lowest BCUT2D eigenvalue weighted by molar-refractivity contribution is -0.0328. The van der Waals surface area contributed by atoms with Gasteiger partial charge in [0.15, 0.2) is 0 Å². The number of hydrogen-bond acceptors (Lipinski definition) is 3. The third-order valence-corrected chi connectivity index (χ3v) is 1.67. The first-order valence-corrected chi connectivity index (χ1v) is 3.83. The van der Waals surface area contributed by atoms with E-state index in [1.165, 1.54) is 0 Å². The average molecular weight is 194 g/mol. The first kappa shape index (κ1) is 9.31. The Labute approximate surface area is 71.2 Å². The standard InChI is InChI=1S/C6H5F3N2S/c1-4-10-2-5(3-11-4)12-6(7,8)9/h2-3H,1H3. The molecule has 6 heteroatoms. The minimum absolute atomic E-state index is 0.00750. The molecule has 66 valence electrons. The fraction of sp³-hybridized carbons (Fsp3) is 0.333. The van der Waals surface area contributed by atoms with Gasteiger partial charge >= 0.3 is 5.51 Å². The predicted molar refractivity (Wildman–Crippen MR) is 38.7 cm³/mol. The monoisotopic (exact) mass is 194 g/mol. The Balaban J connectivity index is 2.71. The highest BCUT2D eigenvalue weighted by molar-refractivity contribution is 8.00. The highest BCUT2D eigenvalue weighted by Gasteiger charge is 2.29. The Morgan fingerprint density at radius 2 is 1.75 bits per heavy atom. The zero-order valence-electron chi connectivity index (χ0n) is 6.09. The maximum Gasteiger partial charge on any atom is 0.446 e. The first-order chi connectivity index (χ1) is 5.47. The van der Waals surface area contributed by atoms with Crippen LogP contribution in [0.25, 0.3) is 0 Å². The van der Waals surface area contributed by atoms with Crippen LogP contribution in [0.1, 0.15) is 5.82 Å². The van der Waals surface area contributed by atoms with Gasteiger partial charge < -0.3 is 0 Å². The van der Waals surface area contributed by atoms with E-state index in [4.69, 9.17) is 0 Å². The zero-order valence-corrected chi connectivity index (χ0v) is 6.91. The second-order valence-electron chi connectivity index (χ2n) is 2.01. The molecular weight excluding hydrogens is 189 g/mol. The SMILES string of the molecule is Cc1ncc(SC(F)(F)F)cn1. The van der Waals surface area contributed by atoms with Crippen LogP contribution in [-0.2, 0) is 0 Å². The molecule has 1 aromatic heterocycles. The molecule has 1 aromatic rings. The molecule has 0 aliphatic heterocycles. The fourth-order valence-corrected chi connectivity index (χ4v) is 1.05. The Morgan fingerprint density at radius 3 is 2.17 bits per heavy atom. The molecule has 0 amide bonds. The highest BCUT2D eigenvalue weighted by Crippen LogP contribution is 2.35. The summed E-state index contributed by atoms with van der Waals surface area (Å²) in [5.41, 5.74) is -4.27. The number of rotatable bonds is 1. The van der Waals surface area contributed by atoms with Crippen molar-refractivity contribution in [2.45, 2.75) is 17.3 Å². The van der Waals surface area contributed by atoms with Gasteiger partial charge in [-0.25, -0.2) is 9.97 Å². The van der Waals surface area contributed by atoms with Gasteiger partial charge in [0, 0.05) is 12.4 Å². The number of alkyl halides is 3. The van der Waals surface area contributed by atoms with Crippen LogP contribution in [0, 0.1) is 6.92 Å². The Morgan fingerprint density at radius 1 is 1.25 bits per heavy atom. The van der Waals surface area contributed by atoms with Gasteiger partial charge in [-0.05, 0) is 18.7 Å². The van der Waals surface area contributed by atoms with E-state index >= 15 is 0 Å². The lowest BCUT2D eigenvalue weighted by atomic mass is 10.6. The summed E-state index contributed by atoms with van der Waals surface area (Å²) in [5.74, 6) is 0.460. The van der Waals surface area contributed by atoms with Crippen LogP contribution in [0.5, 0.6) is 0 Å². The van der Waals surface area contributed by atoms with Gasteiger partial charge in [0.2, 0.25) is 0 Å². The van der Waals surface area contributed by atoms with E-state index in [9.17, 15) is 13.2 Å². The molecule has 0 radical (unpaired) electrons. The fourth-order valence-electron chi connectivity index (χ4n) is 0.567. The molecule has 0 aromatic carbocycles. The van der Waals surface area contributed by atoms with E-state index in [1.807, 2.05) is 0 Å². The number of aryl methyl sites for hydroxylation is 1. The quantitative estimate of drug-likeness (QED) is 0.642. The molecule has 2 nitrogen and oxygen atoms in total. The van der Waals surface area contributed by atoms with Crippen molar-refractivity contribution in [3.63, 3.8) is 0 Å². The number of nitrogens with zero attached hydrogens (tertiary/aromatic N) is 2. The van der Waals surface area contributed by atoms with Crippen molar-refractivity contribution in [2.75, 3.05) is 0 Å². The lowest BCUT2D eigenvalue weighted by Gasteiger charge is -2.03. The van der Waals surface area contributed by atoms with E-state index in [1.54, 1.807) is 6.92 Å². The summed E-state index contributed by atoms with van der Waals surface area (Å²) in [6.07, 6.45) is 2.31. The Bertz CT molecular complexity index is 256. The smallest absolute Gasteiger partial charge is 0.241 e. The molecule has 0 spiro atoms. The molecule has 1 heterocycles. The number of aromatic nitrogens is 2. The number of hydrogen-bond donors (Lipinski definition) is 0. The van der Waals surface area contributed by atoms with Gasteiger partial charge in [-0.15, -0.1) is 0 Å². The summed E-state index contributed by atoms with van der Waals surface area (Å²) < 4.78 is 35.2. The van der Waals surface area contributed by atoms with Crippen LogP contribution in [0.4, 0.5) is 13.2 Å². The van der Waals surface area contributed by atoms with Gasteiger partial charge in [-0.2, -0.15) is 13.2 Å². The van der Waals surface area contributed by atoms with Crippen LogP contribution >= 0.6 is 11.8 Å². The van der Waals surface area contributed by atoms with Crippen molar-refractivity contribution in [1.29, 1.82) is 0 Å². The zero-order chi connectivity index (χ0) is 9.19. The van der Waals surface area contributed by atoms with Crippen molar-refractivity contribution >= 4 is 11.8 Å². The van der Waals surface area contributed by atoms with Crippen LogP contribution in [0.3, 0.4) is 0 Å². The largest absolute Gasteiger partial charge is 0.446 e. The van der Waals surface area contributed by atoms with E-state index < -0.39 is 5.51 Å². The molecule has 0 fully saturated rings. The third-order valence-electron chi connectivity index (χ3n) is 0.991. The van der Waals surface area contributed by atoms with Crippen molar-refractivity contribution in [3.05, 3.63) is 18.2 Å². The number of thioether (sulfide) groups is 1. The maximum atomic E-state index is 11.7. The minimum atomic E-state index is -4.27. The third kappa shape index (κ3) is 3.08. The summed E-state index contributed by atoms with van der Waals surface area (Å²) >= 11 is -0.216.